The minimum atomic E-state index is 0.468. The standard InChI is InChI=1S/C15H23NS/c1-11-6-7-14(10-12(11)2)17-9-8-13-4-3-5-15(13)16/h6-7,10,13,15H,3-5,8-9,16H2,1-2H3. The van der Waals surface area contributed by atoms with Crippen molar-refractivity contribution in [3.8, 4) is 0 Å². The van der Waals surface area contributed by atoms with E-state index in [1.54, 1.807) is 0 Å². The van der Waals surface area contributed by atoms with Crippen LogP contribution >= 0.6 is 11.8 Å². The van der Waals surface area contributed by atoms with E-state index in [1.807, 2.05) is 11.8 Å². The van der Waals surface area contributed by atoms with Crippen LogP contribution in [0.15, 0.2) is 23.1 Å². The molecule has 0 radical (unpaired) electrons. The summed E-state index contributed by atoms with van der Waals surface area (Å²) in [6, 6.07) is 7.23. The van der Waals surface area contributed by atoms with Gasteiger partial charge in [0.15, 0.2) is 0 Å². The molecule has 17 heavy (non-hydrogen) atoms. The Morgan fingerprint density at radius 1 is 1.24 bits per heavy atom. The van der Waals surface area contributed by atoms with Crippen molar-refractivity contribution in [3.63, 3.8) is 0 Å². The van der Waals surface area contributed by atoms with Crippen LogP contribution in [-0.4, -0.2) is 11.8 Å². The van der Waals surface area contributed by atoms with Gasteiger partial charge in [-0.05, 0) is 68.0 Å². The lowest BCUT2D eigenvalue weighted by molar-refractivity contribution is 0.470. The predicted molar refractivity (Wildman–Crippen MR) is 76.6 cm³/mol. The quantitative estimate of drug-likeness (QED) is 0.819. The highest BCUT2D eigenvalue weighted by molar-refractivity contribution is 7.99. The SMILES string of the molecule is Cc1ccc(SCCC2CCCC2N)cc1C. The van der Waals surface area contributed by atoms with E-state index in [2.05, 4.69) is 32.0 Å². The third kappa shape index (κ3) is 3.49. The molecule has 1 aliphatic carbocycles. The molecular weight excluding hydrogens is 226 g/mol. The maximum atomic E-state index is 6.09. The van der Waals surface area contributed by atoms with Crippen LogP contribution in [0.2, 0.25) is 0 Å². The van der Waals surface area contributed by atoms with Gasteiger partial charge in [-0.15, -0.1) is 11.8 Å². The summed E-state index contributed by atoms with van der Waals surface area (Å²) in [5.74, 6) is 1.98. The molecule has 0 aromatic heterocycles. The normalized spacial score (nSPS) is 24.2. The third-order valence-corrected chi connectivity index (χ3v) is 4.98. The number of hydrogen-bond donors (Lipinski definition) is 1. The first-order valence-electron chi connectivity index (χ1n) is 6.62. The Labute approximate surface area is 109 Å². The summed E-state index contributed by atoms with van der Waals surface area (Å²) in [6.07, 6.45) is 5.19. The second-order valence-corrected chi connectivity index (χ2v) is 6.41. The molecule has 1 saturated carbocycles. The molecule has 1 aromatic carbocycles. The summed E-state index contributed by atoms with van der Waals surface area (Å²) in [6.45, 7) is 4.35. The predicted octanol–water partition coefficient (Wildman–Crippen LogP) is 3.91. The molecule has 2 atom stereocenters. The van der Waals surface area contributed by atoms with Crippen LogP contribution in [0.5, 0.6) is 0 Å². The number of thioether (sulfide) groups is 1. The number of nitrogens with two attached hydrogens (primary N) is 1. The van der Waals surface area contributed by atoms with E-state index in [-0.39, 0.29) is 0 Å². The Bertz CT molecular complexity index is 375. The minimum absolute atomic E-state index is 0.468. The molecule has 2 unspecified atom stereocenters. The lowest BCUT2D eigenvalue weighted by Crippen LogP contribution is -2.24. The van der Waals surface area contributed by atoms with Gasteiger partial charge < -0.3 is 5.73 Å². The molecule has 0 saturated heterocycles. The third-order valence-electron chi connectivity index (χ3n) is 3.95. The van der Waals surface area contributed by atoms with Crippen LogP contribution in [0.3, 0.4) is 0 Å². The number of benzene rings is 1. The van der Waals surface area contributed by atoms with Crippen molar-refractivity contribution >= 4 is 11.8 Å². The van der Waals surface area contributed by atoms with E-state index in [0.29, 0.717) is 6.04 Å². The first-order valence-corrected chi connectivity index (χ1v) is 7.61. The van der Waals surface area contributed by atoms with Gasteiger partial charge in [-0.25, -0.2) is 0 Å². The van der Waals surface area contributed by atoms with Crippen LogP contribution in [-0.2, 0) is 0 Å². The van der Waals surface area contributed by atoms with Gasteiger partial charge in [0, 0.05) is 10.9 Å². The molecule has 0 spiro atoms. The second kappa shape index (κ2) is 5.92. The zero-order valence-electron chi connectivity index (χ0n) is 10.9. The number of rotatable bonds is 4. The topological polar surface area (TPSA) is 26.0 Å². The van der Waals surface area contributed by atoms with E-state index in [9.17, 15) is 0 Å². The molecule has 2 rings (SSSR count). The van der Waals surface area contributed by atoms with Gasteiger partial charge in [-0.2, -0.15) is 0 Å². The lowest BCUT2D eigenvalue weighted by Gasteiger charge is -2.14. The van der Waals surface area contributed by atoms with Gasteiger partial charge in [0.1, 0.15) is 0 Å². The van der Waals surface area contributed by atoms with E-state index >= 15 is 0 Å². The Hall–Kier alpha value is -0.470. The summed E-state index contributed by atoms with van der Waals surface area (Å²) in [5, 5.41) is 0. The van der Waals surface area contributed by atoms with Crippen molar-refractivity contribution in [1.29, 1.82) is 0 Å². The average Bonchev–Trinajstić information content (AvgIpc) is 2.70. The molecular formula is C15H23NS. The van der Waals surface area contributed by atoms with E-state index in [0.717, 1.165) is 5.92 Å². The largest absolute Gasteiger partial charge is 0.327 e. The summed E-state index contributed by atoms with van der Waals surface area (Å²) in [5.41, 5.74) is 8.87. The van der Waals surface area contributed by atoms with Gasteiger partial charge in [0.25, 0.3) is 0 Å². The molecule has 0 bridgehead atoms. The monoisotopic (exact) mass is 249 g/mol. The fourth-order valence-corrected chi connectivity index (χ4v) is 3.64. The van der Waals surface area contributed by atoms with E-state index < -0.39 is 0 Å². The maximum Gasteiger partial charge on any atom is 0.00747 e. The average molecular weight is 249 g/mol. The smallest absolute Gasteiger partial charge is 0.00747 e. The first kappa shape index (κ1) is 13.0. The van der Waals surface area contributed by atoms with Crippen molar-refractivity contribution in [1.82, 2.24) is 0 Å². The first-order chi connectivity index (χ1) is 8.16. The number of aryl methyl sites for hydroxylation is 2. The van der Waals surface area contributed by atoms with Crippen LogP contribution in [0.1, 0.15) is 36.8 Å². The summed E-state index contributed by atoms with van der Waals surface area (Å²) < 4.78 is 0. The molecule has 2 N–H and O–H groups in total. The van der Waals surface area contributed by atoms with Crippen LogP contribution in [0, 0.1) is 19.8 Å². The highest BCUT2D eigenvalue weighted by Crippen LogP contribution is 2.30. The zero-order valence-corrected chi connectivity index (χ0v) is 11.7. The van der Waals surface area contributed by atoms with Gasteiger partial charge in [0.2, 0.25) is 0 Å². The summed E-state index contributed by atoms with van der Waals surface area (Å²) >= 11 is 1.98. The molecule has 1 nitrogen and oxygen atoms in total. The van der Waals surface area contributed by atoms with Crippen LogP contribution in [0.4, 0.5) is 0 Å². The molecule has 94 valence electrons. The molecule has 0 heterocycles. The lowest BCUT2D eigenvalue weighted by atomic mass is 10.0. The molecule has 0 aliphatic heterocycles. The van der Waals surface area contributed by atoms with Gasteiger partial charge in [0.05, 0.1) is 0 Å². The molecule has 1 aromatic rings. The Balaban J connectivity index is 1.79. The molecule has 2 heteroatoms. The zero-order chi connectivity index (χ0) is 12.3. The van der Waals surface area contributed by atoms with E-state index in [4.69, 9.17) is 5.73 Å². The Morgan fingerprint density at radius 3 is 2.71 bits per heavy atom. The van der Waals surface area contributed by atoms with Crippen LogP contribution in [0.25, 0.3) is 0 Å². The Morgan fingerprint density at radius 2 is 2.06 bits per heavy atom. The van der Waals surface area contributed by atoms with Gasteiger partial charge in [-0.3, -0.25) is 0 Å². The van der Waals surface area contributed by atoms with Crippen LogP contribution < -0.4 is 5.73 Å². The van der Waals surface area contributed by atoms with Crippen molar-refractivity contribution in [2.75, 3.05) is 5.75 Å². The van der Waals surface area contributed by atoms with Crippen molar-refractivity contribution < 1.29 is 0 Å². The Kier molecular flexibility index (Phi) is 4.52. The van der Waals surface area contributed by atoms with Gasteiger partial charge >= 0.3 is 0 Å². The number of hydrogen-bond acceptors (Lipinski definition) is 2. The van der Waals surface area contributed by atoms with Gasteiger partial charge in [-0.1, -0.05) is 12.5 Å². The van der Waals surface area contributed by atoms with Crippen molar-refractivity contribution in [3.05, 3.63) is 29.3 Å². The fraction of sp³-hybridized carbons (Fsp3) is 0.600. The van der Waals surface area contributed by atoms with Crippen molar-refractivity contribution in [2.45, 2.75) is 50.5 Å². The maximum absolute atomic E-state index is 6.09. The summed E-state index contributed by atoms with van der Waals surface area (Å²) in [4.78, 5) is 1.40. The molecule has 1 aliphatic rings. The highest BCUT2D eigenvalue weighted by atomic mass is 32.2. The summed E-state index contributed by atoms with van der Waals surface area (Å²) in [7, 11) is 0. The second-order valence-electron chi connectivity index (χ2n) is 5.24. The molecule has 1 fully saturated rings. The minimum Gasteiger partial charge on any atom is -0.327 e. The highest BCUT2D eigenvalue weighted by Gasteiger charge is 2.23. The van der Waals surface area contributed by atoms with Crippen molar-refractivity contribution in [2.24, 2.45) is 11.7 Å². The van der Waals surface area contributed by atoms with E-state index in [1.165, 1.54) is 47.5 Å². The molecule has 0 amide bonds. The fourth-order valence-electron chi connectivity index (χ4n) is 2.56.